The van der Waals surface area contributed by atoms with Gasteiger partial charge in [-0.2, -0.15) is 0 Å². The minimum absolute atomic E-state index is 0.0193. The number of amides is 1. The van der Waals surface area contributed by atoms with Gasteiger partial charge in [-0.05, 0) is 37.8 Å². The molecule has 1 amide bonds. The van der Waals surface area contributed by atoms with Crippen molar-refractivity contribution < 1.29 is 14.0 Å². The van der Waals surface area contributed by atoms with E-state index in [1.807, 2.05) is 4.90 Å². The number of benzene rings is 1. The summed E-state index contributed by atoms with van der Waals surface area (Å²) in [5, 5.41) is 4.04. The lowest BCUT2D eigenvalue weighted by atomic mass is 9.92. The molecule has 0 spiro atoms. The largest absolute Gasteiger partial charge is 0.379 e. The molecule has 2 atom stereocenters. The molecule has 2 heterocycles. The van der Waals surface area contributed by atoms with Crippen molar-refractivity contribution in [1.82, 2.24) is 4.90 Å². The topological polar surface area (TPSA) is 41.9 Å². The van der Waals surface area contributed by atoms with Crippen LogP contribution in [0, 0.1) is 11.7 Å². The first-order valence-electron chi connectivity index (χ1n) is 7.78. The van der Waals surface area contributed by atoms with E-state index in [2.05, 4.69) is 12.1 Å². The normalized spacial score (nSPS) is 28.2. The lowest BCUT2D eigenvalue weighted by Gasteiger charge is -2.35. The number of oxime groups is 1. The molecule has 0 N–H and O–H groups in total. The predicted molar refractivity (Wildman–Crippen MR) is 82.0 cm³/mol. The first kappa shape index (κ1) is 15.0. The van der Waals surface area contributed by atoms with Gasteiger partial charge in [-0.25, -0.2) is 4.39 Å². The smallest absolute Gasteiger partial charge is 0.269 e. The van der Waals surface area contributed by atoms with Gasteiger partial charge in [-0.15, -0.1) is 0 Å². The van der Waals surface area contributed by atoms with Gasteiger partial charge in [0.25, 0.3) is 5.91 Å². The summed E-state index contributed by atoms with van der Waals surface area (Å²) in [6.07, 6.45) is 2.56. The molecule has 3 rings (SSSR count). The molecule has 0 aliphatic carbocycles. The summed E-state index contributed by atoms with van der Waals surface area (Å²) in [4.78, 5) is 20.1. The highest BCUT2D eigenvalue weighted by Crippen LogP contribution is 2.30. The number of nitrogens with zero attached hydrogens (tertiary/aromatic N) is 2. The number of hydrogen-bond donors (Lipinski definition) is 0. The molecule has 2 aliphatic rings. The number of carbonyl (C=O) groups excluding carboxylic acids is 1. The maximum atomic E-state index is 13.3. The fourth-order valence-corrected chi connectivity index (χ4v) is 3.19. The summed E-state index contributed by atoms with van der Waals surface area (Å²) in [5.41, 5.74) is 0.322. The highest BCUT2D eigenvalue weighted by Gasteiger charge is 2.45. The van der Waals surface area contributed by atoms with Gasteiger partial charge in [0.2, 0.25) is 5.60 Å². The molecule has 118 valence electrons. The molecule has 5 heteroatoms. The second-order valence-electron chi connectivity index (χ2n) is 6.55. The van der Waals surface area contributed by atoms with Crippen LogP contribution in [0.5, 0.6) is 0 Å². The number of hydrogen-bond acceptors (Lipinski definition) is 3. The van der Waals surface area contributed by atoms with E-state index in [0.29, 0.717) is 23.6 Å². The van der Waals surface area contributed by atoms with Crippen molar-refractivity contribution in [2.24, 2.45) is 11.1 Å². The Bertz CT molecular complexity index is 616. The number of likely N-dealkylation sites (tertiary alicyclic amines) is 1. The molecule has 1 aromatic rings. The van der Waals surface area contributed by atoms with Crippen molar-refractivity contribution in [1.29, 1.82) is 0 Å². The molecule has 0 saturated carbocycles. The van der Waals surface area contributed by atoms with Gasteiger partial charge < -0.3 is 9.74 Å². The fraction of sp³-hybridized carbons (Fsp3) is 0.529. The molecule has 1 fully saturated rings. The van der Waals surface area contributed by atoms with Gasteiger partial charge in [0.15, 0.2) is 0 Å². The first-order chi connectivity index (χ1) is 10.5. The Balaban J connectivity index is 1.72. The van der Waals surface area contributed by atoms with Gasteiger partial charge in [0.05, 0.1) is 5.71 Å². The molecule has 1 aromatic carbocycles. The van der Waals surface area contributed by atoms with E-state index >= 15 is 0 Å². The predicted octanol–water partition coefficient (Wildman–Crippen LogP) is 2.97. The van der Waals surface area contributed by atoms with Crippen molar-refractivity contribution in [3.8, 4) is 0 Å². The molecule has 4 nitrogen and oxygen atoms in total. The Morgan fingerprint density at radius 1 is 1.50 bits per heavy atom. The summed E-state index contributed by atoms with van der Waals surface area (Å²) < 4.78 is 13.3. The second kappa shape index (κ2) is 5.71. The molecule has 1 saturated heterocycles. The van der Waals surface area contributed by atoms with Crippen LogP contribution in [0.4, 0.5) is 4.39 Å². The summed E-state index contributed by atoms with van der Waals surface area (Å²) in [5.74, 6) is 0.186. The van der Waals surface area contributed by atoms with E-state index < -0.39 is 5.60 Å². The zero-order valence-electron chi connectivity index (χ0n) is 13.0. The molecular formula is C17H21FN2O2. The van der Waals surface area contributed by atoms with Gasteiger partial charge >= 0.3 is 0 Å². The molecule has 0 aromatic heterocycles. The summed E-state index contributed by atoms with van der Waals surface area (Å²) in [7, 11) is 0. The van der Waals surface area contributed by atoms with Crippen LogP contribution in [0.3, 0.4) is 0 Å². The molecule has 0 unspecified atom stereocenters. The maximum Gasteiger partial charge on any atom is 0.269 e. The number of piperidine rings is 1. The summed E-state index contributed by atoms with van der Waals surface area (Å²) >= 11 is 0. The zero-order chi connectivity index (χ0) is 15.7. The van der Waals surface area contributed by atoms with Crippen molar-refractivity contribution in [3.63, 3.8) is 0 Å². The van der Waals surface area contributed by atoms with Crippen LogP contribution in [0.2, 0.25) is 0 Å². The molecule has 0 radical (unpaired) electrons. The first-order valence-corrected chi connectivity index (χ1v) is 7.78. The Hall–Kier alpha value is -1.91. The molecule has 2 aliphatic heterocycles. The van der Waals surface area contributed by atoms with Gasteiger partial charge in [-0.3, -0.25) is 4.79 Å². The van der Waals surface area contributed by atoms with E-state index in [1.165, 1.54) is 12.1 Å². The Labute approximate surface area is 129 Å². The Kier molecular flexibility index (Phi) is 3.89. The van der Waals surface area contributed by atoms with E-state index in [1.54, 1.807) is 19.1 Å². The highest BCUT2D eigenvalue weighted by molar-refractivity contribution is 6.05. The number of rotatable bonds is 2. The third-order valence-electron chi connectivity index (χ3n) is 4.42. The minimum Gasteiger partial charge on any atom is -0.379 e. The lowest BCUT2D eigenvalue weighted by Crippen LogP contribution is -2.50. The van der Waals surface area contributed by atoms with Crippen LogP contribution in [0.1, 0.15) is 38.7 Å². The minimum atomic E-state index is -0.974. The van der Waals surface area contributed by atoms with Crippen molar-refractivity contribution in [2.45, 2.75) is 38.7 Å². The lowest BCUT2D eigenvalue weighted by molar-refractivity contribution is -0.155. The van der Waals surface area contributed by atoms with Crippen molar-refractivity contribution >= 4 is 11.6 Å². The number of carbonyl (C=O) groups is 1. The third kappa shape index (κ3) is 2.85. The van der Waals surface area contributed by atoms with Crippen LogP contribution in [0.25, 0.3) is 0 Å². The van der Waals surface area contributed by atoms with Crippen LogP contribution < -0.4 is 0 Å². The van der Waals surface area contributed by atoms with E-state index in [0.717, 1.165) is 25.9 Å². The van der Waals surface area contributed by atoms with Crippen LogP contribution in [0.15, 0.2) is 29.4 Å². The maximum absolute atomic E-state index is 13.3. The van der Waals surface area contributed by atoms with Gasteiger partial charge in [-0.1, -0.05) is 24.2 Å². The summed E-state index contributed by atoms with van der Waals surface area (Å²) in [6.45, 7) is 5.47. The average Bonchev–Trinajstić information content (AvgIpc) is 2.90. The quantitative estimate of drug-likeness (QED) is 0.843. The Morgan fingerprint density at radius 3 is 3.05 bits per heavy atom. The van der Waals surface area contributed by atoms with Crippen LogP contribution in [-0.2, 0) is 9.63 Å². The highest BCUT2D eigenvalue weighted by atomic mass is 19.1. The molecular weight excluding hydrogens is 283 g/mol. The van der Waals surface area contributed by atoms with Crippen LogP contribution in [-0.4, -0.2) is 35.2 Å². The summed E-state index contributed by atoms with van der Waals surface area (Å²) in [6, 6.07) is 6.22. The Morgan fingerprint density at radius 2 is 2.32 bits per heavy atom. The van der Waals surface area contributed by atoms with Crippen LogP contribution >= 0.6 is 0 Å². The average molecular weight is 304 g/mol. The van der Waals surface area contributed by atoms with Crippen molar-refractivity contribution in [3.05, 3.63) is 35.6 Å². The number of halogens is 1. The van der Waals surface area contributed by atoms with Gasteiger partial charge in [0, 0.05) is 25.1 Å². The second-order valence-corrected chi connectivity index (χ2v) is 6.55. The van der Waals surface area contributed by atoms with E-state index in [9.17, 15) is 9.18 Å². The monoisotopic (exact) mass is 304 g/mol. The van der Waals surface area contributed by atoms with E-state index in [4.69, 9.17) is 4.84 Å². The third-order valence-corrected chi connectivity index (χ3v) is 4.42. The van der Waals surface area contributed by atoms with E-state index in [-0.39, 0.29) is 11.7 Å². The molecule has 0 bridgehead atoms. The fourth-order valence-electron chi connectivity index (χ4n) is 3.19. The zero-order valence-corrected chi connectivity index (χ0v) is 13.0. The standard InChI is InChI=1S/C17H21FN2O2/c1-12-5-4-8-20(11-12)16(21)17(2)10-15(19-22-17)13-6-3-7-14(18)9-13/h3,6-7,9,12H,4-5,8,10-11H2,1-2H3/t12-,17-/m1/s1. The van der Waals surface area contributed by atoms with Crippen molar-refractivity contribution in [2.75, 3.05) is 13.1 Å². The SMILES string of the molecule is C[C@@H]1CCCN(C(=O)[C@@]2(C)CC(c3cccc(F)c3)=NO2)C1. The van der Waals surface area contributed by atoms with Gasteiger partial charge in [0.1, 0.15) is 5.82 Å². The molecule has 22 heavy (non-hydrogen) atoms.